The number of nitrogens with one attached hydrogen (secondary N) is 1. The predicted molar refractivity (Wildman–Crippen MR) is 83.0 cm³/mol. The molecule has 0 radical (unpaired) electrons. The van der Waals surface area contributed by atoms with Crippen LogP contribution < -0.4 is 5.32 Å². The summed E-state index contributed by atoms with van der Waals surface area (Å²) in [6.45, 7) is 2.10. The molecule has 0 saturated carbocycles. The largest absolute Gasteiger partial charge is 0.380 e. The fourth-order valence-corrected chi connectivity index (χ4v) is 2.73. The van der Waals surface area contributed by atoms with Crippen molar-refractivity contribution in [2.45, 2.75) is 18.4 Å². The zero-order chi connectivity index (χ0) is 15.6. The Kier molecular flexibility index (Phi) is 4.54. The van der Waals surface area contributed by atoms with Crippen LogP contribution in [0, 0.1) is 12.7 Å². The SMILES string of the molecule is Cc1ccc(F)c(CNc2cc(S(C)(=O)=O)ccc2Cl)c1. The van der Waals surface area contributed by atoms with E-state index in [0.29, 0.717) is 16.3 Å². The predicted octanol–water partition coefficient (Wildman–Crippen LogP) is 3.80. The average molecular weight is 328 g/mol. The zero-order valence-corrected chi connectivity index (χ0v) is 13.2. The second-order valence-electron chi connectivity index (χ2n) is 4.86. The van der Waals surface area contributed by atoms with Crippen LogP contribution >= 0.6 is 11.6 Å². The Balaban J connectivity index is 2.26. The molecule has 0 aliphatic rings. The van der Waals surface area contributed by atoms with Gasteiger partial charge in [0, 0.05) is 18.4 Å². The molecule has 0 spiro atoms. The molecule has 0 unspecified atom stereocenters. The second kappa shape index (κ2) is 6.03. The quantitative estimate of drug-likeness (QED) is 0.929. The van der Waals surface area contributed by atoms with Crippen molar-refractivity contribution in [3.05, 3.63) is 58.4 Å². The molecule has 0 aromatic heterocycles. The lowest BCUT2D eigenvalue weighted by atomic mass is 10.1. The standard InChI is InChI=1S/C15H15ClFNO2S/c1-10-3-6-14(17)11(7-10)9-18-15-8-12(21(2,19)20)4-5-13(15)16/h3-8,18H,9H2,1-2H3. The van der Waals surface area contributed by atoms with Gasteiger partial charge in [-0.05, 0) is 31.2 Å². The molecule has 6 heteroatoms. The number of hydrogen-bond acceptors (Lipinski definition) is 3. The van der Waals surface area contributed by atoms with Crippen LogP contribution in [-0.4, -0.2) is 14.7 Å². The van der Waals surface area contributed by atoms with Gasteiger partial charge >= 0.3 is 0 Å². The molecule has 1 N–H and O–H groups in total. The topological polar surface area (TPSA) is 46.2 Å². The van der Waals surface area contributed by atoms with E-state index in [1.165, 1.54) is 24.3 Å². The third-order valence-corrected chi connectivity index (χ3v) is 4.48. The molecular weight excluding hydrogens is 313 g/mol. The van der Waals surface area contributed by atoms with E-state index in [4.69, 9.17) is 11.6 Å². The number of aryl methyl sites for hydroxylation is 1. The number of benzene rings is 2. The van der Waals surface area contributed by atoms with E-state index >= 15 is 0 Å². The molecule has 0 heterocycles. The van der Waals surface area contributed by atoms with Gasteiger partial charge in [0.2, 0.25) is 0 Å². The van der Waals surface area contributed by atoms with Crippen LogP contribution in [0.4, 0.5) is 10.1 Å². The Morgan fingerprint density at radius 1 is 1.19 bits per heavy atom. The molecule has 0 fully saturated rings. The monoisotopic (exact) mass is 327 g/mol. The molecular formula is C15H15ClFNO2S. The van der Waals surface area contributed by atoms with Crippen molar-refractivity contribution in [1.29, 1.82) is 0 Å². The fourth-order valence-electron chi connectivity index (χ4n) is 1.90. The summed E-state index contributed by atoms with van der Waals surface area (Å²) < 4.78 is 36.7. The van der Waals surface area contributed by atoms with Gasteiger partial charge in [0.1, 0.15) is 5.82 Å². The van der Waals surface area contributed by atoms with E-state index in [1.54, 1.807) is 12.1 Å². The Bertz CT molecular complexity index is 775. The summed E-state index contributed by atoms with van der Waals surface area (Å²) >= 11 is 6.03. The molecule has 0 amide bonds. The first-order chi connectivity index (χ1) is 9.77. The van der Waals surface area contributed by atoms with Gasteiger partial charge in [0.05, 0.1) is 15.6 Å². The first-order valence-corrected chi connectivity index (χ1v) is 8.53. The van der Waals surface area contributed by atoms with Crippen molar-refractivity contribution >= 4 is 27.1 Å². The summed E-state index contributed by atoms with van der Waals surface area (Å²) in [6.07, 6.45) is 1.13. The Labute approximate surface area is 128 Å². The average Bonchev–Trinajstić information content (AvgIpc) is 2.40. The number of sulfone groups is 1. The first kappa shape index (κ1) is 15.8. The van der Waals surface area contributed by atoms with E-state index in [-0.39, 0.29) is 17.3 Å². The molecule has 2 aromatic rings. The zero-order valence-electron chi connectivity index (χ0n) is 11.7. The van der Waals surface area contributed by atoms with Crippen LogP contribution in [0.1, 0.15) is 11.1 Å². The molecule has 0 aliphatic carbocycles. The number of anilines is 1. The van der Waals surface area contributed by atoms with Gasteiger partial charge in [0.15, 0.2) is 9.84 Å². The van der Waals surface area contributed by atoms with E-state index in [9.17, 15) is 12.8 Å². The molecule has 2 aromatic carbocycles. The van der Waals surface area contributed by atoms with Gasteiger partial charge in [-0.1, -0.05) is 29.3 Å². The Morgan fingerprint density at radius 3 is 2.57 bits per heavy atom. The molecule has 2 rings (SSSR count). The lowest BCUT2D eigenvalue weighted by Crippen LogP contribution is -2.04. The van der Waals surface area contributed by atoms with Gasteiger partial charge in [-0.3, -0.25) is 0 Å². The highest BCUT2D eigenvalue weighted by Crippen LogP contribution is 2.26. The summed E-state index contributed by atoms with van der Waals surface area (Å²) in [5, 5.41) is 3.36. The van der Waals surface area contributed by atoms with Crippen LogP contribution in [0.25, 0.3) is 0 Å². The van der Waals surface area contributed by atoms with E-state index < -0.39 is 9.84 Å². The highest BCUT2D eigenvalue weighted by molar-refractivity contribution is 7.90. The molecule has 0 aliphatic heterocycles. The maximum atomic E-state index is 13.7. The summed E-state index contributed by atoms with van der Waals surface area (Å²) in [5.41, 5.74) is 1.90. The number of rotatable bonds is 4. The molecule has 0 atom stereocenters. The third kappa shape index (κ3) is 3.95. The molecule has 0 saturated heterocycles. The molecule has 21 heavy (non-hydrogen) atoms. The molecule has 112 valence electrons. The van der Waals surface area contributed by atoms with Crippen molar-refractivity contribution in [1.82, 2.24) is 0 Å². The van der Waals surface area contributed by atoms with Gasteiger partial charge in [-0.25, -0.2) is 12.8 Å². The minimum atomic E-state index is -3.31. The highest BCUT2D eigenvalue weighted by atomic mass is 35.5. The fraction of sp³-hybridized carbons (Fsp3) is 0.200. The summed E-state index contributed by atoms with van der Waals surface area (Å²) in [6, 6.07) is 9.22. The van der Waals surface area contributed by atoms with Crippen molar-refractivity contribution in [3.8, 4) is 0 Å². The van der Waals surface area contributed by atoms with Crippen LogP contribution in [-0.2, 0) is 16.4 Å². The van der Waals surface area contributed by atoms with Crippen LogP contribution in [0.15, 0.2) is 41.3 Å². The Hall–Kier alpha value is -1.59. The maximum Gasteiger partial charge on any atom is 0.175 e. The smallest absolute Gasteiger partial charge is 0.175 e. The lowest BCUT2D eigenvalue weighted by Gasteiger charge is -2.11. The van der Waals surface area contributed by atoms with Crippen molar-refractivity contribution in [2.24, 2.45) is 0 Å². The normalized spacial score (nSPS) is 11.4. The number of halogens is 2. The first-order valence-electron chi connectivity index (χ1n) is 6.26. The van der Waals surface area contributed by atoms with Crippen molar-refractivity contribution in [3.63, 3.8) is 0 Å². The maximum absolute atomic E-state index is 13.7. The van der Waals surface area contributed by atoms with Gasteiger partial charge in [-0.15, -0.1) is 0 Å². The van der Waals surface area contributed by atoms with Gasteiger partial charge < -0.3 is 5.32 Å². The van der Waals surface area contributed by atoms with Crippen molar-refractivity contribution in [2.75, 3.05) is 11.6 Å². The Morgan fingerprint density at radius 2 is 1.90 bits per heavy atom. The van der Waals surface area contributed by atoms with Crippen LogP contribution in [0.2, 0.25) is 5.02 Å². The molecule has 3 nitrogen and oxygen atoms in total. The van der Waals surface area contributed by atoms with Gasteiger partial charge in [-0.2, -0.15) is 0 Å². The van der Waals surface area contributed by atoms with E-state index in [2.05, 4.69) is 5.32 Å². The minimum Gasteiger partial charge on any atom is -0.380 e. The third-order valence-electron chi connectivity index (χ3n) is 3.04. The summed E-state index contributed by atoms with van der Waals surface area (Å²) in [5.74, 6) is -0.316. The van der Waals surface area contributed by atoms with E-state index in [1.807, 2.05) is 6.92 Å². The number of hydrogen-bond donors (Lipinski definition) is 1. The lowest BCUT2D eigenvalue weighted by molar-refractivity contribution is 0.601. The molecule has 0 bridgehead atoms. The second-order valence-corrected chi connectivity index (χ2v) is 7.29. The summed E-state index contributed by atoms with van der Waals surface area (Å²) in [7, 11) is -3.31. The van der Waals surface area contributed by atoms with Crippen LogP contribution in [0.3, 0.4) is 0 Å². The van der Waals surface area contributed by atoms with Crippen molar-refractivity contribution < 1.29 is 12.8 Å². The van der Waals surface area contributed by atoms with Crippen LogP contribution in [0.5, 0.6) is 0 Å². The van der Waals surface area contributed by atoms with E-state index in [0.717, 1.165) is 11.8 Å². The highest BCUT2D eigenvalue weighted by Gasteiger charge is 2.11. The minimum absolute atomic E-state index is 0.166. The van der Waals surface area contributed by atoms with Gasteiger partial charge in [0.25, 0.3) is 0 Å². The summed E-state index contributed by atoms with van der Waals surface area (Å²) in [4.78, 5) is 0.166.